The van der Waals surface area contributed by atoms with Gasteiger partial charge in [-0.05, 0) is 24.1 Å². The Morgan fingerprint density at radius 1 is 1.10 bits per heavy atom. The van der Waals surface area contributed by atoms with E-state index in [2.05, 4.69) is 10.6 Å². The van der Waals surface area contributed by atoms with E-state index in [1.165, 1.54) is 6.07 Å². The fraction of sp³-hybridized carbons (Fsp3) is 0.286. The Labute approximate surface area is 166 Å². The van der Waals surface area contributed by atoms with E-state index in [4.69, 9.17) is 0 Å². The van der Waals surface area contributed by atoms with Crippen LogP contribution in [0.5, 0.6) is 0 Å². The zero-order chi connectivity index (χ0) is 21.0. The summed E-state index contributed by atoms with van der Waals surface area (Å²) in [6, 6.07) is 11.1. The summed E-state index contributed by atoms with van der Waals surface area (Å²) in [6.07, 6.45) is 1.93. The lowest BCUT2D eigenvalue weighted by molar-refractivity contribution is -0.134. The minimum absolute atomic E-state index is 0.0289. The molecule has 6 nitrogen and oxygen atoms in total. The minimum Gasteiger partial charge on any atom is -0.324 e. The summed E-state index contributed by atoms with van der Waals surface area (Å²) >= 11 is 0. The molecule has 0 aliphatic carbocycles. The summed E-state index contributed by atoms with van der Waals surface area (Å²) in [5.41, 5.74) is -0.548. The van der Waals surface area contributed by atoms with Gasteiger partial charge in [-0.3, -0.25) is 14.5 Å². The number of carbonyl (C=O) groups is 3. The highest BCUT2D eigenvalue weighted by Crippen LogP contribution is 2.34. The number of hydrogen-bond acceptors (Lipinski definition) is 3. The van der Waals surface area contributed by atoms with Crippen molar-refractivity contribution in [2.45, 2.75) is 31.7 Å². The van der Waals surface area contributed by atoms with Crippen molar-refractivity contribution in [2.75, 3.05) is 11.9 Å². The number of unbranched alkanes of at least 4 members (excludes halogenated alkanes) is 1. The lowest BCUT2D eigenvalue weighted by atomic mass is 9.85. The van der Waals surface area contributed by atoms with Gasteiger partial charge < -0.3 is 10.6 Å². The SMILES string of the molecule is CCCCC1(c2ccccc2)NC(=O)N(CC(=O)Nc2ccc(F)c(F)c2)C1=O. The summed E-state index contributed by atoms with van der Waals surface area (Å²) in [5.74, 6) is -3.36. The third kappa shape index (κ3) is 4.11. The molecule has 1 saturated heterocycles. The highest BCUT2D eigenvalue weighted by Gasteiger charge is 2.52. The maximum atomic E-state index is 13.3. The Morgan fingerprint density at radius 2 is 1.83 bits per heavy atom. The molecule has 1 fully saturated rings. The van der Waals surface area contributed by atoms with E-state index in [-0.39, 0.29) is 5.69 Å². The molecule has 152 valence electrons. The monoisotopic (exact) mass is 401 g/mol. The number of carbonyl (C=O) groups excluding carboxylic acids is 3. The second-order valence-electron chi connectivity index (χ2n) is 6.87. The standard InChI is InChI=1S/C21H21F2N3O3/c1-2-3-11-21(14-7-5-4-6-8-14)19(28)26(20(29)25-21)13-18(27)24-15-9-10-16(22)17(23)12-15/h4-10,12H,2-3,11,13H2,1H3,(H,24,27)(H,25,29). The number of nitrogens with one attached hydrogen (secondary N) is 2. The predicted molar refractivity (Wildman–Crippen MR) is 103 cm³/mol. The van der Waals surface area contributed by atoms with E-state index < -0.39 is 41.6 Å². The fourth-order valence-corrected chi connectivity index (χ4v) is 3.36. The molecule has 1 unspecified atom stereocenters. The minimum atomic E-state index is -1.23. The molecule has 29 heavy (non-hydrogen) atoms. The van der Waals surface area contributed by atoms with Crippen molar-refractivity contribution in [1.82, 2.24) is 10.2 Å². The quantitative estimate of drug-likeness (QED) is 0.697. The number of nitrogens with zero attached hydrogens (tertiary/aromatic N) is 1. The maximum Gasteiger partial charge on any atom is 0.325 e. The zero-order valence-corrected chi connectivity index (χ0v) is 15.9. The van der Waals surface area contributed by atoms with Gasteiger partial charge >= 0.3 is 6.03 Å². The zero-order valence-electron chi connectivity index (χ0n) is 15.9. The van der Waals surface area contributed by atoms with Gasteiger partial charge in [0.2, 0.25) is 5.91 Å². The summed E-state index contributed by atoms with van der Waals surface area (Å²) in [6.45, 7) is 1.44. The second kappa shape index (κ2) is 8.38. The second-order valence-corrected chi connectivity index (χ2v) is 6.87. The van der Waals surface area contributed by atoms with Gasteiger partial charge in [0.1, 0.15) is 12.1 Å². The number of rotatable bonds is 7. The summed E-state index contributed by atoms with van der Waals surface area (Å²) in [7, 11) is 0. The summed E-state index contributed by atoms with van der Waals surface area (Å²) in [5, 5.41) is 5.12. The largest absolute Gasteiger partial charge is 0.325 e. The topological polar surface area (TPSA) is 78.5 Å². The number of anilines is 1. The van der Waals surface area contributed by atoms with E-state index in [1.54, 1.807) is 24.3 Å². The molecule has 1 atom stereocenters. The Balaban J connectivity index is 1.79. The van der Waals surface area contributed by atoms with Gasteiger partial charge in [-0.1, -0.05) is 50.1 Å². The van der Waals surface area contributed by atoms with Crippen molar-refractivity contribution in [3.63, 3.8) is 0 Å². The molecule has 4 amide bonds. The molecule has 1 aliphatic heterocycles. The van der Waals surface area contributed by atoms with Crippen LogP contribution < -0.4 is 10.6 Å². The number of benzene rings is 2. The highest BCUT2D eigenvalue weighted by atomic mass is 19.2. The smallest absolute Gasteiger partial charge is 0.324 e. The molecule has 0 saturated carbocycles. The molecular formula is C21H21F2N3O3. The van der Waals surface area contributed by atoms with Gasteiger partial charge in [0.15, 0.2) is 11.6 Å². The van der Waals surface area contributed by atoms with Crippen molar-refractivity contribution in [1.29, 1.82) is 0 Å². The van der Waals surface area contributed by atoms with Crippen LogP contribution in [0.1, 0.15) is 31.7 Å². The molecule has 0 aromatic heterocycles. The van der Waals surface area contributed by atoms with Crippen molar-refractivity contribution < 1.29 is 23.2 Å². The first-order valence-corrected chi connectivity index (χ1v) is 9.32. The molecular weight excluding hydrogens is 380 g/mol. The highest BCUT2D eigenvalue weighted by molar-refractivity contribution is 6.10. The van der Waals surface area contributed by atoms with Crippen LogP contribution in [0.25, 0.3) is 0 Å². The number of hydrogen-bond donors (Lipinski definition) is 2. The van der Waals surface area contributed by atoms with E-state index in [9.17, 15) is 23.2 Å². The first-order valence-electron chi connectivity index (χ1n) is 9.32. The number of urea groups is 1. The molecule has 1 aliphatic rings. The third-order valence-electron chi connectivity index (χ3n) is 4.85. The van der Waals surface area contributed by atoms with Crippen LogP contribution in [0.4, 0.5) is 19.3 Å². The normalized spacial score (nSPS) is 18.7. The third-order valence-corrected chi connectivity index (χ3v) is 4.85. The van der Waals surface area contributed by atoms with Crippen molar-refractivity contribution in [3.8, 4) is 0 Å². The van der Waals surface area contributed by atoms with Crippen LogP contribution >= 0.6 is 0 Å². The van der Waals surface area contributed by atoms with Crippen LogP contribution in [0, 0.1) is 11.6 Å². The molecule has 1 heterocycles. The van der Waals surface area contributed by atoms with E-state index in [0.29, 0.717) is 18.4 Å². The molecule has 2 aromatic rings. The first-order chi connectivity index (χ1) is 13.9. The van der Waals surface area contributed by atoms with Crippen molar-refractivity contribution in [2.24, 2.45) is 0 Å². The number of amides is 4. The Kier molecular flexibility index (Phi) is 5.91. The fourth-order valence-electron chi connectivity index (χ4n) is 3.36. The molecule has 2 N–H and O–H groups in total. The van der Waals surface area contributed by atoms with E-state index in [0.717, 1.165) is 23.5 Å². The van der Waals surface area contributed by atoms with E-state index in [1.807, 2.05) is 13.0 Å². The maximum absolute atomic E-state index is 13.3. The van der Waals surface area contributed by atoms with Crippen LogP contribution in [-0.4, -0.2) is 29.3 Å². The lowest BCUT2D eigenvalue weighted by Crippen LogP contribution is -2.44. The molecule has 0 spiro atoms. The number of imide groups is 1. The molecule has 2 aromatic carbocycles. The molecule has 3 rings (SSSR count). The van der Waals surface area contributed by atoms with Crippen LogP contribution in [-0.2, 0) is 15.1 Å². The van der Waals surface area contributed by atoms with Crippen LogP contribution in [0.2, 0.25) is 0 Å². The van der Waals surface area contributed by atoms with Gasteiger partial charge in [-0.25, -0.2) is 13.6 Å². The van der Waals surface area contributed by atoms with Crippen LogP contribution in [0.15, 0.2) is 48.5 Å². The molecule has 0 radical (unpaired) electrons. The first kappa shape index (κ1) is 20.4. The van der Waals surface area contributed by atoms with Gasteiger partial charge in [0.25, 0.3) is 5.91 Å². The average molecular weight is 401 g/mol. The summed E-state index contributed by atoms with van der Waals surface area (Å²) in [4.78, 5) is 38.9. The van der Waals surface area contributed by atoms with E-state index >= 15 is 0 Å². The summed E-state index contributed by atoms with van der Waals surface area (Å²) < 4.78 is 26.3. The average Bonchev–Trinajstić information content (AvgIpc) is 2.95. The predicted octanol–water partition coefficient (Wildman–Crippen LogP) is 3.54. The molecule has 8 heteroatoms. The van der Waals surface area contributed by atoms with Crippen molar-refractivity contribution in [3.05, 3.63) is 65.7 Å². The number of halogens is 2. The van der Waals surface area contributed by atoms with Gasteiger partial charge in [-0.2, -0.15) is 0 Å². The Morgan fingerprint density at radius 3 is 2.48 bits per heavy atom. The molecule has 0 bridgehead atoms. The van der Waals surface area contributed by atoms with Crippen molar-refractivity contribution >= 4 is 23.5 Å². The van der Waals surface area contributed by atoms with Gasteiger partial charge in [-0.15, -0.1) is 0 Å². The van der Waals surface area contributed by atoms with Gasteiger partial charge in [0.05, 0.1) is 0 Å². The Bertz CT molecular complexity index is 936. The van der Waals surface area contributed by atoms with Crippen LogP contribution in [0.3, 0.4) is 0 Å². The Hall–Kier alpha value is -3.29. The lowest BCUT2D eigenvalue weighted by Gasteiger charge is -2.27. The van der Waals surface area contributed by atoms with Gasteiger partial charge in [0, 0.05) is 11.8 Å².